The zero-order chi connectivity index (χ0) is 19.2. The predicted octanol–water partition coefficient (Wildman–Crippen LogP) is 3.95. The number of aromatic nitrogens is 1. The Labute approximate surface area is 154 Å². The third kappa shape index (κ3) is 9.22. The first-order chi connectivity index (χ1) is 12.5. The highest BCUT2D eigenvalue weighted by Gasteiger charge is 2.02. The summed E-state index contributed by atoms with van der Waals surface area (Å²) in [4.78, 5) is 23.1. The van der Waals surface area contributed by atoms with E-state index in [0.717, 1.165) is 13.0 Å². The van der Waals surface area contributed by atoms with Gasteiger partial charge in [-0.3, -0.25) is 9.59 Å². The monoisotopic (exact) mass is 362 g/mol. The van der Waals surface area contributed by atoms with Gasteiger partial charge in [-0.2, -0.15) is 0 Å². The highest BCUT2D eigenvalue weighted by molar-refractivity contribution is 5.82. The molecule has 0 atom stereocenters. The molecule has 6 nitrogen and oxygen atoms in total. The van der Waals surface area contributed by atoms with Crippen LogP contribution < -0.4 is 5.73 Å². The average molecular weight is 362 g/mol. The van der Waals surface area contributed by atoms with E-state index in [2.05, 4.69) is 35.4 Å². The lowest BCUT2D eigenvalue weighted by Crippen LogP contribution is -1.97. The first-order valence-corrected chi connectivity index (χ1v) is 9.23. The Balaban J connectivity index is 0.000000294. The van der Waals surface area contributed by atoms with Gasteiger partial charge in [-0.25, -0.2) is 0 Å². The molecule has 0 aliphatic heterocycles. The SMILES string of the molecule is NCCCCCCc1c[nH]c2ccccc12.O=C(O)CCCCC(=O)O. The number of para-hydroxylation sites is 1. The van der Waals surface area contributed by atoms with Gasteiger partial charge in [0.05, 0.1) is 0 Å². The van der Waals surface area contributed by atoms with Crippen LogP contribution in [0.15, 0.2) is 30.5 Å². The summed E-state index contributed by atoms with van der Waals surface area (Å²) in [7, 11) is 0. The third-order valence-electron chi connectivity index (χ3n) is 4.11. The standard InChI is InChI=1S/C14H20N2.C6H10O4/c15-10-6-2-1-3-7-12-11-16-14-9-5-4-8-13(12)14;7-5(8)3-1-2-4-6(9)10/h4-5,8-9,11,16H,1-3,6-7,10,15H2;1-4H2,(H,7,8)(H,9,10). The molecule has 0 radical (unpaired) electrons. The van der Waals surface area contributed by atoms with Crippen LogP contribution in [0, 0.1) is 0 Å². The number of hydrogen-bond acceptors (Lipinski definition) is 3. The smallest absolute Gasteiger partial charge is 0.303 e. The van der Waals surface area contributed by atoms with Crippen LogP contribution >= 0.6 is 0 Å². The van der Waals surface area contributed by atoms with Crippen molar-refractivity contribution in [3.05, 3.63) is 36.0 Å². The zero-order valence-electron chi connectivity index (χ0n) is 15.2. The minimum absolute atomic E-state index is 0.0628. The minimum atomic E-state index is -0.870. The lowest BCUT2D eigenvalue weighted by atomic mass is 10.1. The molecule has 26 heavy (non-hydrogen) atoms. The molecule has 1 aromatic heterocycles. The van der Waals surface area contributed by atoms with E-state index in [4.69, 9.17) is 15.9 Å². The highest BCUT2D eigenvalue weighted by atomic mass is 16.4. The number of carbonyl (C=O) groups is 2. The molecule has 0 bridgehead atoms. The molecule has 2 rings (SSSR count). The molecule has 0 unspecified atom stereocenters. The van der Waals surface area contributed by atoms with Crippen LogP contribution in [0.5, 0.6) is 0 Å². The van der Waals surface area contributed by atoms with Crippen molar-refractivity contribution in [1.82, 2.24) is 4.98 Å². The summed E-state index contributed by atoms with van der Waals surface area (Å²) in [5, 5.41) is 17.6. The molecule has 0 spiro atoms. The molecule has 5 N–H and O–H groups in total. The van der Waals surface area contributed by atoms with E-state index >= 15 is 0 Å². The Kier molecular flexibility index (Phi) is 10.8. The molecule has 0 aliphatic rings. The lowest BCUT2D eigenvalue weighted by molar-refractivity contribution is -0.139. The van der Waals surface area contributed by atoms with E-state index in [1.165, 1.54) is 42.1 Å². The molecule has 0 fully saturated rings. The molecule has 1 heterocycles. The summed E-state index contributed by atoms with van der Waals surface area (Å²) < 4.78 is 0. The number of aromatic amines is 1. The van der Waals surface area contributed by atoms with Crippen LogP contribution in [0.4, 0.5) is 0 Å². The quantitative estimate of drug-likeness (QED) is 0.452. The summed E-state index contributed by atoms with van der Waals surface area (Å²) in [5.74, 6) is -1.74. The Bertz CT molecular complexity index is 651. The summed E-state index contributed by atoms with van der Waals surface area (Å²) in [6.45, 7) is 0.826. The topological polar surface area (TPSA) is 116 Å². The van der Waals surface area contributed by atoms with Crippen molar-refractivity contribution in [3.8, 4) is 0 Å². The Morgan fingerprint density at radius 3 is 2.12 bits per heavy atom. The maximum absolute atomic E-state index is 9.90. The number of aliphatic carboxylic acids is 2. The molecule has 2 aromatic rings. The van der Waals surface area contributed by atoms with E-state index in [1.54, 1.807) is 0 Å². The number of aryl methyl sites for hydroxylation is 1. The second-order valence-corrected chi connectivity index (χ2v) is 6.31. The summed E-state index contributed by atoms with van der Waals surface area (Å²) in [6.07, 6.45) is 9.32. The first-order valence-electron chi connectivity index (χ1n) is 9.23. The van der Waals surface area contributed by atoms with E-state index < -0.39 is 11.9 Å². The summed E-state index contributed by atoms with van der Waals surface area (Å²) in [5.41, 5.74) is 8.17. The summed E-state index contributed by atoms with van der Waals surface area (Å²) >= 11 is 0. The Hall–Kier alpha value is -2.34. The number of fused-ring (bicyclic) bond motifs is 1. The molecule has 6 heteroatoms. The van der Waals surface area contributed by atoms with Gasteiger partial charge in [0.1, 0.15) is 0 Å². The van der Waals surface area contributed by atoms with E-state index in [1.807, 2.05) is 0 Å². The maximum atomic E-state index is 9.90. The van der Waals surface area contributed by atoms with Crippen molar-refractivity contribution in [3.63, 3.8) is 0 Å². The Morgan fingerprint density at radius 2 is 1.50 bits per heavy atom. The lowest BCUT2D eigenvalue weighted by Gasteiger charge is -1.99. The number of benzene rings is 1. The van der Waals surface area contributed by atoms with Crippen LogP contribution in [0.2, 0.25) is 0 Å². The maximum Gasteiger partial charge on any atom is 0.303 e. The largest absolute Gasteiger partial charge is 0.481 e. The Morgan fingerprint density at radius 1 is 0.885 bits per heavy atom. The van der Waals surface area contributed by atoms with Gasteiger partial charge >= 0.3 is 11.9 Å². The predicted molar refractivity (Wildman–Crippen MR) is 103 cm³/mol. The zero-order valence-corrected chi connectivity index (χ0v) is 15.2. The van der Waals surface area contributed by atoms with Crippen LogP contribution in [-0.2, 0) is 16.0 Å². The van der Waals surface area contributed by atoms with Gasteiger partial charge < -0.3 is 20.9 Å². The minimum Gasteiger partial charge on any atom is -0.481 e. The van der Waals surface area contributed by atoms with Crippen molar-refractivity contribution in [2.45, 2.75) is 57.8 Å². The molecular formula is C20H30N2O4. The van der Waals surface area contributed by atoms with E-state index in [9.17, 15) is 9.59 Å². The van der Waals surface area contributed by atoms with Crippen LogP contribution in [0.1, 0.15) is 56.9 Å². The molecule has 0 saturated carbocycles. The van der Waals surface area contributed by atoms with E-state index in [-0.39, 0.29) is 12.8 Å². The number of nitrogens with two attached hydrogens (primary N) is 1. The van der Waals surface area contributed by atoms with Crippen molar-refractivity contribution >= 4 is 22.8 Å². The molecule has 0 aliphatic carbocycles. The highest BCUT2D eigenvalue weighted by Crippen LogP contribution is 2.19. The van der Waals surface area contributed by atoms with Crippen molar-refractivity contribution in [2.24, 2.45) is 5.73 Å². The van der Waals surface area contributed by atoms with Gasteiger partial charge in [0.15, 0.2) is 0 Å². The second kappa shape index (κ2) is 12.9. The third-order valence-corrected chi connectivity index (χ3v) is 4.11. The number of carboxylic acids is 2. The van der Waals surface area contributed by atoms with Gasteiger partial charge in [0.25, 0.3) is 0 Å². The number of hydrogen-bond donors (Lipinski definition) is 4. The fourth-order valence-electron chi connectivity index (χ4n) is 2.70. The van der Waals surface area contributed by atoms with Gasteiger partial charge in [-0.15, -0.1) is 0 Å². The van der Waals surface area contributed by atoms with Gasteiger partial charge in [-0.05, 0) is 50.3 Å². The fourth-order valence-corrected chi connectivity index (χ4v) is 2.70. The number of nitrogens with one attached hydrogen (secondary N) is 1. The molecule has 1 aromatic carbocycles. The number of rotatable bonds is 11. The normalized spacial score (nSPS) is 10.3. The van der Waals surface area contributed by atoms with Gasteiger partial charge in [-0.1, -0.05) is 31.0 Å². The van der Waals surface area contributed by atoms with E-state index in [0.29, 0.717) is 12.8 Å². The molecule has 144 valence electrons. The van der Waals surface area contributed by atoms with Crippen LogP contribution in [0.3, 0.4) is 0 Å². The molecule has 0 saturated heterocycles. The molecular weight excluding hydrogens is 332 g/mol. The van der Waals surface area contributed by atoms with Gasteiger partial charge in [0.2, 0.25) is 0 Å². The summed E-state index contributed by atoms with van der Waals surface area (Å²) in [6, 6.07) is 8.51. The second-order valence-electron chi connectivity index (χ2n) is 6.31. The van der Waals surface area contributed by atoms with Crippen LogP contribution in [-0.4, -0.2) is 33.7 Å². The average Bonchev–Trinajstić information content (AvgIpc) is 3.02. The number of carboxylic acid groups (broad SMARTS) is 2. The molecule has 0 amide bonds. The van der Waals surface area contributed by atoms with Crippen molar-refractivity contribution in [1.29, 1.82) is 0 Å². The van der Waals surface area contributed by atoms with Gasteiger partial charge in [0, 0.05) is 29.9 Å². The van der Waals surface area contributed by atoms with Crippen LogP contribution in [0.25, 0.3) is 10.9 Å². The number of unbranched alkanes of at least 4 members (excludes halogenated alkanes) is 4. The fraction of sp³-hybridized carbons (Fsp3) is 0.500. The first kappa shape index (κ1) is 21.7. The van der Waals surface area contributed by atoms with Crippen molar-refractivity contribution < 1.29 is 19.8 Å². The number of H-pyrrole nitrogens is 1. The van der Waals surface area contributed by atoms with Crippen molar-refractivity contribution in [2.75, 3.05) is 6.54 Å².